The summed E-state index contributed by atoms with van der Waals surface area (Å²) in [6.07, 6.45) is 1.05. The number of rotatable bonds is 8. The van der Waals surface area contributed by atoms with Crippen molar-refractivity contribution in [2.24, 2.45) is 0 Å². The van der Waals surface area contributed by atoms with Gasteiger partial charge in [0.15, 0.2) is 11.5 Å². The normalized spacial score (nSPS) is 12.2. The number of carbonyl (C=O) groups excluding carboxylic acids is 1. The summed E-state index contributed by atoms with van der Waals surface area (Å²) in [5, 5.41) is 3.20. The van der Waals surface area contributed by atoms with Crippen LogP contribution in [-0.4, -0.2) is 41.3 Å². The van der Waals surface area contributed by atoms with E-state index in [1.807, 2.05) is 6.07 Å². The quantitative estimate of drug-likeness (QED) is 0.680. The lowest BCUT2D eigenvalue weighted by Gasteiger charge is -2.25. The van der Waals surface area contributed by atoms with Gasteiger partial charge in [-0.2, -0.15) is 0 Å². The van der Waals surface area contributed by atoms with E-state index in [4.69, 9.17) is 21.1 Å². The van der Waals surface area contributed by atoms with Crippen molar-refractivity contribution in [3.05, 3.63) is 52.5 Å². The van der Waals surface area contributed by atoms with Crippen LogP contribution in [0.25, 0.3) is 0 Å². The maximum atomic E-state index is 12.6. The Morgan fingerprint density at radius 1 is 1.14 bits per heavy atom. The lowest BCUT2D eigenvalue weighted by molar-refractivity contribution is -0.120. The number of hydrogen-bond acceptors (Lipinski definition) is 5. The highest BCUT2D eigenvalue weighted by atomic mass is 35.5. The van der Waals surface area contributed by atoms with E-state index in [0.29, 0.717) is 27.8 Å². The second-order valence-corrected chi connectivity index (χ2v) is 8.95. The molecule has 1 atom stereocenters. The molecule has 0 saturated heterocycles. The molecule has 2 rings (SSSR count). The number of benzene rings is 2. The van der Waals surface area contributed by atoms with Crippen molar-refractivity contribution in [3.8, 4) is 11.5 Å². The van der Waals surface area contributed by atoms with Gasteiger partial charge in [-0.25, -0.2) is 8.42 Å². The largest absolute Gasteiger partial charge is 0.493 e. The number of amides is 1. The summed E-state index contributed by atoms with van der Waals surface area (Å²) in [5.41, 5.74) is 1.86. The molecule has 7 nitrogen and oxygen atoms in total. The van der Waals surface area contributed by atoms with Gasteiger partial charge in [0, 0.05) is 5.02 Å². The van der Waals surface area contributed by atoms with Gasteiger partial charge in [-0.05, 0) is 49.2 Å². The number of aryl methyl sites for hydroxylation is 1. The number of sulfonamides is 1. The van der Waals surface area contributed by atoms with Crippen LogP contribution in [0.1, 0.15) is 24.1 Å². The Kier molecular flexibility index (Phi) is 7.37. The predicted octanol–water partition coefficient (Wildman–Crippen LogP) is 3.31. The van der Waals surface area contributed by atoms with Gasteiger partial charge < -0.3 is 14.8 Å². The van der Waals surface area contributed by atoms with Crippen LogP contribution in [0, 0.1) is 6.92 Å². The fourth-order valence-corrected chi connectivity index (χ4v) is 3.93. The van der Waals surface area contributed by atoms with Crippen LogP contribution in [0.5, 0.6) is 11.5 Å². The molecule has 0 aliphatic carbocycles. The third-order valence-corrected chi connectivity index (χ3v) is 5.77. The Morgan fingerprint density at radius 2 is 1.79 bits per heavy atom. The first-order valence-corrected chi connectivity index (χ1v) is 11.0. The second-order valence-electron chi connectivity index (χ2n) is 6.60. The summed E-state index contributed by atoms with van der Waals surface area (Å²) in [5.74, 6) is 0.671. The summed E-state index contributed by atoms with van der Waals surface area (Å²) in [6.45, 7) is 3.19. The van der Waals surface area contributed by atoms with E-state index in [2.05, 4.69) is 5.32 Å². The zero-order valence-corrected chi connectivity index (χ0v) is 18.6. The number of halogens is 1. The minimum atomic E-state index is -3.70. The summed E-state index contributed by atoms with van der Waals surface area (Å²) in [4.78, 5) is 12.6. The van der Waals surface area contributed by atoms with E-state index < -0.39 is 15.9 Å². The van der Waals surface area contributed by atoms with Gasteiger partial charge >= 0.3 is 0 Å². The lowest BCUT2D eigenvalue weighted by atomic mass is 10.1. The van der Waals surface area contributed by atoms with Crippen LogP contribution in [0.4, 0.5) is 5.69 Å². The van der Waals surface area contributed by atoms with E-state index in [0.717, 1.165) is 16.1 Å². The summed E-state index contributed by atoms with van der Waals surface area (Å²) < 4.78 is 36.2. The maximum Gasteiger partial charge on any atom is 0.241 e. The van der Waals surface area contributed by atoms with Crippen molar-refractivity contribution in [2.45, 2.75) is 19.9 Å². The highest BCUT2D eigenvalue weighted by molar-refractivity contribution is 7.92. The molecule has 0 saturated carbocycles. The van der Waals surface area contributed by atoms with Crippen LogP contribution in [0.15, 0.2) is 36.4 Å². The molecule has 0 aliphatic heterocycles. The number of methoxy groups -OCH3 is 2. The number of anilines is 1. The molecule has 158 valence electrons. The van der Waals surface area contributed by atoms with Crippen LogP contribution < -0.4 is 19.1 Å². The molecule has 0 radical (unpaired) electrons. The molecule has 0 spiro atoms. The molecule has 1 amide bonds. The molecule has 0 fully saturated rings. The highest BCUT2D eigenvalue weighted by Crippen LogP contribution is 2.30. The molecule has 0 aliphatic rings. The molecule has 2 aromatic rings. The Balaban J connectivity index is 2.21. The third-order valence-electron chi connectivity index (χ3n) is 4.41. The predicted molar refractivity (Wildman–Crippen MR) is 114 cm³/mol. The molecule has 1 N–H and O–H groups in total. The second kappa shape index (κ2) is 9.37. The number of carbonyl (C=O) groups is 1. The maximum absolute atomic E-state index is 12.6. The number of ether oxygens (including phenoxy) is 2. The molecular weight excluding hydrogens is 416 g/mol. The molecule has 0 bridgehead atoms. The summed E-state index contributed by atoms with van der Waals surface area (Å²) in [7, 11) is -0.623. The van der Waals surface area contributed by atoms with Gasteiger partial charge in [0.2, 0.25) is 15.9 Å². The Labute approximate surface area is 176 Å². The van der Waals surface area contributed by atoms with E-state index in [-0.39, 0.29) is 12.6 Å². The SMILES string of the molecule is COc1ccc([C@@H](C)NC(=O)CN(c2cc(Cl)ccc2C)S(C)(=O)=O)cc1OC. The first-order valence-electron chi connectivity index (χ1n) is 8.82. The van der Waals surface area contributed by atoms with Crippen LogP contribution in [0.2, 0.25) is 5.02 Å². The average molecular weight is 441 g/mol. The van der Waals surface area contributed by atoms with Crippen molar-refractivity contribution in [2.75, 3.05) is 31.3 Å². The minimum Gasteiger partial charge on any atom is -0.493 e. The number of nitrogens with zero attached hydrogens (tertiary/aromatic N) is 1. The van der Waals surface area contributed by atoms with Crippen molar-refractivity contribution in [3.63, 3.8) is 0 Å². The van der Waals surface area contributed by atoms with Crippen molar-refractivity contribution < 1.29 is 22.7 Å². The minimum absolute atomic E-state index is 0.363. The Hall–Kier alpha value is -2.45. The van der Waals surface area contributed by atoms with Crippen LogP contribution in [-0.2, 0) is 14.8 Å². The van der Waals surface area contributed by atoms with E-state index in [9.17, 15) is 13.2 Å². The summed E-state index contributed by atoms with van der Waals surface area (Å²) >= 11 is 6.02. The zero-order chi connectivity index (χ0) is 21.8. The average Bonchev–Trinajstić information content (AvgIpc) is 2.66. The van der Waals surface area contributed by atoms with Crippen molar-refractivity contribution in [1.82, 2.24) is 5.32 Å². The van der Waals surface area contributed by atoms with Gasteiger partial charge in [-0.3, -0.25) is 9.10 Å². The van der Waals surface area contributed by atoms with Crippen molar-refractivity contribution >= 4 is 33.2 Å². The van der Waals surface area contributed by atoms with E-state index in [1.165, 1.54) is 13.2 Å². The fourth-order valence-electron chi connectivity index (χ4n) is 2.86. The monoisotopic (exact) mass is 440 g/mol. The fraction of sp³-hybridized carbons (Fsp3) is 0.350. The smallest absolute Gasteiger partial charge is 0.241 e. The highest BCUT2D eigenvalue weighted by Gasteiger charge is 2.23. The molecule has 0 unspecified atom stereocenters. The van der Waals surface area contributed by atoms with Crippen molar-refractivity contribution in [1.29, 1.82) is 0 Å². The first kappa shape index (κ1) is 22.8. The zero-order valence-electron chi connectivity index (χ0n) is 17.0. The van der Waals surface area contributed by atoms with E-state index >= 15 is 0 Å². The molecule has 0 heterocycles. The first-order chi connectivity index (χ1) is 13.6. The lowest BCUT2D eigenvalue weighted by Crippen LogP contribution is -2.41. The topological polar surface area (TPSA) is 84.9 Å². The molecule has 9 heteroatoms. The van der Waals surface area contributed by atoms with Gasteiger partial charge in [0.25, 0.3) is 0 Å². The Bertz CT molecular complexity index is 994. The van der Waals surface area contributed by atoms with Crippen LogP contribution >= 0.6 is 11.6 Å². The molecule has 2 aromatic carbocycles. The van der Waals surface area contributed by atoms with Gasteiger partial charge in [-0.1, -0.05) is 23.7 Å². The van der Waals surface area contributed by atoms with Crippen LogP contribution in [0.3, 0.4) is 0 Å². The number of hydrogen-bond donors (Lipinski definition) is 1. The molecule has 0 aromatic heterocycles. The van der Waals surface area contributed by atoms with Gasteiger partial charge in [0.1, 0.15) is 6.54 Å². The number of nitrogens with one attached hydrogen (secondary N) is 1. The van der Waals surface area contributed by atoms with Gasteiger partial charge in [-0.15, -0.1) is 0 Å². The van der Waals surface area contributed by atoms with Gasteiger partial charge in [0.05, 0.1) is 32.2 Å². The molecule has 29 heavy (non-hydrogen) atoms. The standard InChI is InChI=1S/C20H25ClN2O5S/c1-13-6-8-16(21)11-17(13)23(29(5,25)26)12-20(24)22-14(2)15-7-9-18(27-3)19(10-15)28-4/h6-11,14H,12H2,1-5H3,(H,22,24)/t14-/m1/s1. The summed E-state index contributed by atoms with van der Waals surface area (Å²) in [6, 6.07) is 9.85. The third kappa shape index (κ3) is 5.77. The van der Waals surface area contributed by atoms with E-state index in [1.54, 1.807) is 45.2 Å². The Morgan fingerprint density at radius 3 is 2.38 bits per heavy atom. The molecular formula is C20H25ClN2O5S.